The van der Waals surface area contributed by atoms with Crippen LogP contribution in [0.1, 0.15) is 115 Å². The van der Waals surface area contributed by atoms with Crippen LogP contribution in [0.25, 0.3) is 0 Å². The van der Waals surface area contributed by atoms with Crippen LogP contribution in [0.5, 0.6) is 5.75 Å². The minimum Gasteiger partial charge on any atom is -0.427 e. The van der Waals surface area contributed by atoms with Crippen molar-refractivity contribution in [2.24, 2.45) is 28.6 Å². The highest BCUT2D eigenvalue weighted by Crippen LogP contribution is 2.75. The Morgan fingerprint density at radius 3 is 2.43 bits per heavy atom. The molecule has 4 unspecified atom stereocenters. The molecule has 0 N–H and O–H groups in total. The lowest BCUT2D eigenvalue weighted by molar-refractivity contribution is -0.200. The van der Waals surface area contributed by atoms with Gasteiger partial charge in [-0.05, 0) is 142 Å². The third kappa shape index (κ3) is 7.35. The van der Waals surface area contributed by atoms with Crippen molar-refractivity contribution in [3.05, 3.63) is 29.3 Å². The summed E-state index contributed by atoms with van der Waals surface area (Å²) in [4.78, 5) is 27.3. The van der Waals surface area contributed by atoms with Gasteiger partial charge >= 0.3 is 17.8 Å². The minimum atomic E-state index is -3.96. The highest BCUT2D eigenvalue weighted by Gasteiger charge is 2.71. The van der Waals surface area contributed by atoms with Crippen LogP contribution in [0.4, 0.5) is 17.6 Å². The zero-order valence-electron chi connectivity index (χ0n) is 28.2. The van der Waals surface area contributed by atoms with Crippen molar-refractivity contribution < 1.29 is 31.9 Å². The standard InChI is InChI=1S/C37H53F4NO3S/c1-25(43)45-28-11-12-29-27(23-28)22-26(33-30(29)13-15-34(2)31(33)24-32(44)36(34)16-17-36)10-6-5-7-18-42(4)19-9-21-46-20-8-14-37(40,41)35(3,38)39/h11-12,23,26,30-31,33H,5-10,13-22,24H2,1-4H3/t26-,30?,31?,33?,34?/m1/s1. The summed E-state index contributed by atoms with van der Waals surface area (Å²) in [6.07, 6.45) is 11.0. The van der Waals surface area contributed by atoms with Gasteiger partial charge in [-0.25, -0.2) is 8.78 Å². The summed E-state index contributed by atoms with van der Waals surface area (Å²) in [5.41, 5.74) is 2.81. The molecular formula is C37H53F4NO3S. The van der Waals surface area contributed by atoms with Gasteiger partial charge in [0, 0.05) is 32.1 Å². The zero-order chi connectivity index (χ0) is 33.3. The Morgan fingerprint density at radius 1 is 1.02 bits per heavy atom. The Balaban J connectivity index is 1.09. The van der Waals surface area contributed by atoms with Crippen molar-refractivity contribution in [1.29, 1.82) is 0 Å². The summed E-state index contributed by atoms with van der Waals surface area (Å²) in [7, 11) is 2.12. The highest BCUT2D eigenvalue weighted by molar-refractivity contribution is 7.99. The number of rotatable bonds is 16. The molecule has 0 radical (unpaired) electrons. The van der Waals surface area contributed by atoms with Gasteiger partial charge in [0.05, 0.1) is 0 Å². The molecule has 46 heavy (non-hydrogen) atoms. The van der Waals surface area contributed by atoms with Crippen LogP contribution in [0.15, 0.2) is 18.2 Å². The maximum absolute atomic E-state index is 13.4. The number of hydrogen-bond acceptors (Lipinski definition) is 5. The number of Topliss-reactive ketones (excluding diaryl/α,β-unsaturated/α-hetero) is 1. The monoisotopic (exact) mass is 667 g/mol. The van der Waals surface area contributed by atoms with E-state index in [9.17, 15) is 27.2 Å². The van der Waals surface area contributed by atoms with Crippen LogP contribution in [-0.2, 0) is 16.0 Å². The quantitative estimate of drug-likeness (QED) is 0.0761. The molecule has 0 aliphatic heterocycles. The predicted octanol–water partition coefficient (Wildman–Crippen LogP) is 9.34. The lowest BCUT2D eigenvalue weighted by Crippen LogP contribution is -2.46. The molecule has 0 heterocycles. The van der Waals surface area contributed by atoms with E-state index in [1.807, 2.05) is 6.07 Å². The second-order valence-electron chi connectivity index (χ2n) is 15.2. The summed E-state index contributed by atoms with van der Waals surface area (Å²) >= 11 is 1.56. The molecule has 0 saturated heterocycles. The number of halogens is 4. The van der Waals surface area contributed by atoms with E-state index in [0.29, 0.717) is 41.0 Å². The Labute approximate surface area is 277 Å². The minimum absolute atomic E-state index is 0.0444. The van der Waals surface area contributed by atoms with Gasteiger partial charge in [-0.1, -0.05) is 25.8 Å². The van der Waals surface area contributed by atoms with Crippen molar-refractivity contribution in [2.45, 2.75) is 122 Å². The Morgan fingerprint density at radius 2 is 1.74 bits per heavy atom. The maximum atomic E-state index is 13.4. The number of hydrogen-bond donors (Lipinski definition) is 0. The summed E-state index contributed by atoms with van der Waals surface area (Å²) in [5.74, 6) is -3.75. The largest absolute Gasteiger partial charge is 0.427 e. The van der Waals surface area contributed by atoms with Gasteiger partial charge in [-0.2, -0.15) is 20.5 Å². The Hall–Kier alpha value is -1.61. The third-order valence-electron chi connectivity index (χ3n) is 12.2. The zero-order valence-corrected chi connectivity index (χ0v) is 29.0. The van der Waals surface area contributed by atoms with Crippen molar-refractivity contribution >= 4 is 23.5 Å². The Bertz CT molecular complexity index is 1250. The highest BCUT2D eigenvalue weighted by atomic mass is 32.2. The predicted molar refractivity (Wildman–Crippen MR) is 176 cm³/mol. The SMILES string of the molecule is CC(=O)Oc1ccc2c(c1)C[C@@H](CCCCCN(C)CCCSCCCC(F)(F)C(C)(F)F)C1C2CCC2(C)C1CC(=O)C21CC1. The van der Waals surface area contributed by atoms with Gasteiger partial charge in [0.1, 0.15) is 11.5 Å². The van der Waals surface area contributed by atoms with Crippen LogP contribution in [0.2, 0.25) is 0 Å². The normalized spacial score (nSPS) is 28.2. The number of nitrogens with zero attached hydrogens (tertiary/aromatic N) is 1. The molecule has 5 rings (SSSR count). The fourth-order valence-electron chi connectivity index (χ4n) is 9.50. The molecule has 1 aromatic rings. The number of thioether (sulfide) groups is 1. The number of ether oxygens (including phenoxy) is 1. The van der Waals surface area contributed by atoms with E-state index in [4.69, 9.17) is 4.74 Å². The lowest BCUT2D eigenvalue weighted by atomic mass is 9.50. The molecule has 5 atom stereocenters. The second kappa shape index (κ2) is 14.1. The molecule has 9 heteroatoms. The second-order valence-corrected chi connectivity index (χ2v) is 16.4. The van der Waals surface area contributed by atoms with Gasteiger partial charge in [-0.15, -0.1) is 0 Å². The van der Waals surface area contributed by atoms with Crippen molar-refractivity contribution in [2.75, 3.05) is 31.6 Å². The molecule has 258 valence electrons. The van der Waals surface area contributed by atoms with Crippen LogP contribution in [-0.4, -0.2) is 60.1 Å². The molecule has 4 aliphatic carbocycles. The average molecular weight is 668 g/mol. The van der Waals surface area contributed by atoms with Crippen molar-refractivity contribution in [3.8, 4) is 5.75 Å². The summed E-state index contributed by atoms with van der Waals surface area (Å²) in [6, 6.07) is 6.22. The number of alkyl halides is 4. The van der Waals surface area contributed by atoms with E-state index in [1.54, 1.807) is 11.8 Å². The van der Waals surface area contributed by atoms with E-state index >= 15 is 0 Å². The molecule has 3 saturated carbocycles. The fourth-order valence-corrected chi connectivity index (χ4v) is 10.4. The average Bonchev–Trinajstić information content (AvgIpc) is 3.76. The molecule has 1 spiro atoms. The number of fused-ring (bicyclic) bond motifs is 6. The maximum Gasteiger partial charge on any atom is 0.309 e. The summed E-state index contributed by atoms with van der Waals surface area (Å²) in [6.45, 7) is 6.10. The molecule has 0 bridgehead atoms. The van der Waals surface area contributed by atoms with Crippen LogP contribution in [0.3, 0.4) is 0 Å². The van der Waals surface area contributed by atoms with Gasteiger partial charge in [0.2, 0.25) is 0 Å². The molecule has 0 amide bonds. The van der Waals surface area contributed by atoms with Crippen LogP contribution >= 0.6 is 11.8 Å². The molecule has 4 aliphatic rings. The topological polar surface area (TPSA) is 46.6 Å². The van der Waals surface area contributed by atoms with E-state index in [1.165, 1.54) is 18.1 Å². The molecule has 0 aromatic heterocycles. The number of benzene rings is 1. The number of carbonyl (C=O) groups is 2. The number of esters is 1. The van der Waals surface area contributed by atoms with Gasteiger partial charge in [0.15, 0.2) is 0 Å². The van der Waals surface area contributed by atoms with E-state index in [2.05, 4.69) is 31.0 Å². The first-order valence-electron chi connectivity index (χ1n) is 17.5. The first kappa shape index (κ1) is 35.7. The van der Waals surface area contributed by atoms with Gasteiger partial charge in [-0.3, -0.25) is 9.59 Å². The molecule has 1 aromatic carbocycles. The molecular weight excluding hydrogens is 614 g/mol. The summed E-state index contributed by atoms with van der Waals surface area (Å²) in [5, 5.41) is 0. The van der Waals surface area contributed by atoms with Gasteiger partial charge < -0.3 is 9.64 Å². The van der Waals surface area contributed by atoms with Crippen molar-refractivity contribution in [1.82, 2.24) is 4.90 Å². The first-order chi connectivity index (χ1) is 21.7. The van der Waals surface area contributed by atoms with Crippen molar-refractivity contribution in [3.63, 3.8) is 0 Å². The fraction of sp³-hybridized carbons (Fsp3) is 0.784. The van der Waals surface area contributed by atoms with Crippen LogP contribution < -0.4 is 4.74 Å². The number of ketones is 1. The number of unbranched alkanes of at least 4 members (excludes halogenated alkanes) is 2. The van der Waals surface area contributed by atoms with E-state index < -0.39 is 18.3 Å². The van der Waals surface area contributed by atoms with E-state index in [-0.39, 0.29) is 30.1 Å². The molecule has 4 nitrogen and oxygen atoms in total. The van der Waals surface area contributed by atoms with Gasteiger partial charge in [0.25, 0.3) is 0 Å². The third-order valence-corrected chi connectivity index (χ3v) is 13.3. The first-order valence-corrected chi connectivity index (χ1v) is 18.7. The van der Waals surface area contributed by atoms with Crippen LogP contribution in [0, 0.1) is 28.6 Å². The summed E-state index contributed by atoms with van der Waals surface area (Å²) < 4.78 is 58.1. The van der Waals surface area contributed by atoms with E-state index in [0.717, 1.165) is 89.5 Å². The number of carbonyl (C=O) groups excluding carboxylic acids is 2. The smallest absolute Gasteiger partial charge is 0.309 e. The molecule has 3 fully saturated rings. The lowest BCUT2D eigenvalue weighted by Gasteiger charge is -2.53. The Kier molecular flexibility index (Phi) is 10.9.